The standard InChI is InChI=1S/C15H20FNO3/c1-10(20-14-5-3-2-4-13(14)16)15(19)17-9-11-6-7-12(18)8-11/h2-5,10-12,18H,6-9H2,1H3,(H,17,19). The van der Waals surface area contributed by atoms with E-state index in [-0.39, 0.29) is 17.8 Å². The number of carbonyl (C=O) groups is 1. The van der Waals surface area contributed by atoms with Gasteiger partial charge in [-0.05, 0) is 44.2 Å². The van der Waals surface area contributed by atoms with E-state index in [0.29, 0.717) is 12.5 Å². The Hall–Kier alpha value is -1.62. The van der Waals surface area contributed by atoms with Gasteiger partial charge in [0.1, 0.15) is 0 Å². The second kappa shape index (κ2) is 6.70. The first kappa shape index (κ1) is 14.8. The molecule has 1 aliphatic carbocycles. The fourth-order valence-electron chi connectivity index (χ4n) is 2.41. The van der Waals surface area contributed by atoms with Gasteiger partial charge in [-0.25, -0.2) is 4.39 Å². The lowest BCUT2D eigenvalue weighted by Crippen LogP contribution is -2.38. The normalized spacial score (nSPS) is 23.4. The summed E-state index contributed by atoms with van der Waals surface area (Å²) in [6.07, 6.45) is 1.44. The van der Waals surface area contributed by atoms with Crippen LogP contribution in [0, 0.1) is 11.7 Å². The van der Waals surface area contributed by atoms with Crippen LogP contribution in [0.25, 0.3) is 0 Å². The third-order valence-corrected chi connectivity index (χ3v) is 3.59. The number of benzene rings is 1. The summed E-state index contributed by atoms with van der Waals surface area (Å²) in [7, 11) is 0. The summed E-state index contributed by atoms with van der Waals surface area (Å²) in [6.45, 7) is 2.12. The van der Waals surface area contributed by atoms with Gasteiger partial charge in [0.25, 0.3) is 5.91 Å². The second-order valence-corrected chi connectivity index (χ2v) is 5.27. The van der Waals surface area contributed by atoms with E-state index >= 15 is 0 Å². The molecule has 5 heteroatoms. The number of rotatable bonds is 5. The van der Waals surface area contributed by atoms with Crippen molar-refractivity contribution in [2.24, 2.45) is 5.92 Å². The molecule has 3 unspecified atom stereocenters. The predicted molar refractivity (Wildman–Crippen MR) is 72.8 cm³/mol. The predicted octanol–water partition coefficient (Wildman–Crippen LogP) is 1.87. The minimum Gasteiger partial charge on any atom is -0.478 e. The summed E-state index contributed by atoms with van der Waals surface area (Å²) in [6, 6.07) is 6.01. The average molecular weight is 281 g/mol. The lowest BCUT2D eigenvalue weighted by molar-refractivity contribution is -0.127. The molecule has 0 heterocycles. The number of carbonyl (C=O) groups excluding carboxylic acids is 1. The molecule has 4 nitrogen and oxygen atoms in total. The third-order valence-electron chi connectivity index (χ3n) is 3.59. The number of hydrogen-bond acceptors (Lipinski definition) is 3. The molecular formula is C15H20FNO3. The number of para-hydroxylation sites is 1. The maximum absolute atomic E-state index is 13.4. The highest BCUT2D eigenvalue weighted by atomic mass is 19.1. The van der Waals surface area contributed by atoms with Crippen molar-refractivity contribution in [1.29, 1.82) is 0 Å². The lowest BCUT2D eigenvalue weighted by Gasteiger charge is -2.17. The van der Waals surface area contributed by atoms with Crippen LogP contribution in [0.4, 0.5) is 4.39 Å². The Balaban J connectivity index is 1.79. The summed E-state index contributed by atoms with van der Waals surface area (Å²) >= 11 is 0. The van der Waals surface area contributed by atoms with E-state index in [2.05, 4.69) is 5.32 Å². The second-order valence-electron chi connectivity index (χ2n) is 5.27. The van der Waals surface area contributed by atoms with Gasteiger partial charge in [-0.3, -0.25) is 4.79 Å². The number of amides is 1. The molecular weight excluding hydrogens is 261 g/mol. The molecule has 1 aliphatic rings. The fraction of sp³-hybridized carbons (Fsp3) is 0.533. The van der Waals surface area contributed by atoms with Gasteiger partial charge in [-0.2, -0.15) is 0 Å². The maximum atomic E-state index is 13.4. The highest BCUT2D eigenvalue weighted by molar-refractivity contribution is 5.80. The number of aliphatic hydroxyl groups is 1. The number of halogens is 1. The van der Waals surface area contributed by atoms with Gasteiger partial charge in [0.05, 0.1) is 6.10 Å². The van der Waals surface area contributed by atoms with Crippen LogP contribution in [0.15, 0.2) is 24.3 Å². The molecule has 0 bridgehead atoms. The van der Waals surface area contributed by atoms with Gasteiger partial charge < -0.3 is 15.2 Å². The SMILES string of the molecule is CC(Oc1ccccc1F)C(=O)NCC1CCC(O)C1. The molecule has 20 heavy (non-hydrogen) atoms. The monoisotopic (exact) mass is 281 g/mol. The van der Waals surface area contributed by atoms with Crippen molar-refractivity contribution in [1.82, 2.24) is 5.32 Å². The maximum Gasteiger partial charge on any atom is 0.260 e. The van der Waals surface area contributed by atoms with Crippen molar-refractivity contribution in [3.63, 3.8) is 0 Å². The van der Waals surface area contributed by atoms with Gasteiger partial charge in [-0.15, -0.1) is 0 Å². The Morgan fingerprint density at radius 1 is 1.50 bits per heavy atom. The number of hydrogen-bond donors (Lipinski definition) is 2. The van der Waals surface area contributed by atoms with Crippen LogP contribution in [0.2, 0.25) is 0 Å². The van der Waals surface area contributed by atoms with E-state index in [1.165, 1.54) is 12.1 Å². The molecule has 0 aromatic heterocycles. The van der Waals surface area contributed by atoms with Crippen molar-refractivity contribution in [2.45, 2.75) is 38.4 Å². The third kappa shape index (κ3) is 3.93. The van der Waals surface area contributed by atoms with E-state index in [1.54, 1.807) is 19.1 Å². The molecule has 1 saturated carbocycles. The summed E-state index contributed by atoms with van der Waals surface area (Å²) in [4.78, 5) is 11.9. The first-order valence-electron chi connectivity index (χ1n) is 6.93. The molecule has 2 N–H and O–H groups in total. The van der Waals surface area contributed by atoms with Crippen molar-refractivity contribution in [3.8, 4) is 5.75 Å². The van der Waals surface area contributed by atoms with Crippen LogP contribution in [-0.4, -0.2) is 29.8 Å². The summed E-state index contributed by atoms with van der Waals surface area (Å²) in [5, 5.41) is 12.2. The Labute approximate surface area is 117 Å². The molecule has 110 valence electrons. The van der Waals surface area contributed by atoms with E-state index in [1.807, 2.05) is 0 Å². The van der Waals surface area contributed by atoms with Crippen molar-refractivity contribution in [2.75, 3.05) is 6.54 Å². The highest BCUT2D eigenvalue weighted by Crippen LogP contribution is 2.24. The van der Waals surface area contributed by atoms with Crippen LogP contribution in [-0.2, 0) is 4.79 Å². The summed E-state index contributed by atoms with van der Waals surface area (Å²) < 4.78 is 18.7. The largest absolute Gasteiger partial charge is 0.478 e. The zero-order valence-corrected chi connectivity index (χ0v) is 11.5. The molecule has 0 radical (unpaired) electrons. The average Bonchev–Trinajstić information content (AvgIpc) is 2.84. The van der Waals surface area contributed by atoms with Gasteiger partial charge in [-0.1, -0.05) is 12.1 Å². The number of nitrogens with one attached hydrogen (secondary N) is 1. The van der Waals surface area contributed by atoms with Crippen LogP contribution in [0.1, 0.15) is 26.2 Å². The van der Waals surface area contributed by atoms with Gasteiger partial charge in [0.2, 0.25) is 0 Å². The minimum absolute atomic E-state index is 0.0754. The van der Waals surface area contributed by atoms with Crippen LogP contribution < -0.4 is 10.1 Å². The first-order chi connectivity index (χ1) is 9.56. The van der Waals surface area contributed by atoms with Crippen molar-refractivity contribution >= 4 is 5.91 Å². The van der Waals surface area contributed by atoms with E-state index in [9.17, 15) is 14.3 Å². The molecule has 0 aliphatic heterocycles. The molecule has 0 saturated heterocycles. The van der Waals surface area contributed by atoms with E-state index < -0.39 is 11.9 Å². The minimum atomic E-state index is -0.752. The first-order valence-corrected chi connectivity index (χ1v) is 6.93. The Morgan fingerprint density at radius 3 is 2.90 bits per heavy atom. The van der Waals surface area contributed by atoms with Gasteiger partial charge >= 0.3 is 0 Å². The Kier molecular flexibility index (Phi) is 4.95. The molecule has 0 spiro atoms. The molecule has 1 amide bonds. The number of ether oxygens (including phenoxy) is 1. The van der Waals surface area contributed by atoms with Gasteiger partial charge in [0.15, 0.2) is 17.7 Å². The van der Waals surface area contributed by atoms with Crippen molar-refractivity contribution in [3.05, 3.63) is 30.1 Å². The Bertz CT molecular complexity index is 466. The molecule has 1 aromatic rings. The summed E-state index contributed by atoms with van der Waals surface area (Å²) in [5.41, 5.74) is 0. The molecule has 1 fully saturated rings. The topological polar surface area (TPSA) is 58.6 Å². The quantitative estimate of drug-likeness (QED) is 0.866. The zero-order valence-electron chi connectivity index (χ0n) is 11.5. The fourth-order valence-corrected chi connectivity index (χ4v) is 2.41. The highest BCUT2D eigenvalue weighted by Gasteiger charge is 2.24. The zero-order chi connectivity index (χ0) is 14.5. The molecule has 2 rings (SSSR count). The van der Waals surface area contributed by atoms with Crippen molar-refractivity contribution < 1.29 is 19.0 Å². The number of aliphatic hydroxyl groups excluding tert-OH is 1. The van der Waals surface area contributed by atoms with Crippen LogP contribution >= 0.6 is 0 Å². The molecule has 1 aromatic carbocycles. The smallest absolute Gasteiger partial charge is 0.260 e. The van der Waals surface area contributed by atoms with E-state index in [4.69, 9.17) is 4.74 Å². The van der Waals surface area contributed by atoms with Crippen LogP contribution in [0.3, 0.4) is 0 Å². The van der Waals surface area contributed by atoms with E-state index in [0.717, 1.165) is 19.3 Å². The van der Waals surface area contributed by atoms with Crippen LogP contribution in [0.5, 0.6) is 5.75 Å². The Morgan fingerprint density at radius 2 is 2.25 bits per heavy atom. The molecule has 3 atom stereocenters. The summed E-state index contributed by atoms with van der Waals surface area (Å²) in [5.74, 6) is -0.359. The lowest BCUT2D eigenvalue weighted by atomic mass is 10.1. The van der Waals surface area contributed by atoms with Gasteiger partial charge in [0, 0.05) is 6.54 Å².